The molecule has 2 aromatic rings. The molecule has 18 heavy (non-hydrogen) atoms. The third-order valence-electron chi connectivity index (χ3n) is 3.34. The number of nitrogen functional groups attached to an aromatic ring is 1. The summed E-state index contributed by atoms with van der Waals surface area (Å²) in [6.07, 6.45) is 0.331. The van der Waals surface area contributed by atoms with Crippen molar-refractivity contribution in [2.45, 2.75) is 12.2 Å². The SMILES string of the molecule is Nc1ccc2c(N3CC(O)C(O)C3)ccnc2c1. The molecule has 2 heterocycles. The van der Waals surface area contributed by atoms with Crippen molar-refractivity contribution in [2.75, 3.05) is 23.7 Å². The minimum atomic E-state index is -0.693. The van der Waals surface area contributed by atoms with E-state index in [-0.39, 0.29) is 0 Å². The van der Waals surface area contributed by atoms with Crippen LogP contribution in [0.2, 0.25) is 0 Å². The predicted molar refractivity (Wildman–Crippen MR) is 70.4 cm³/mol. The number of aromatic nitrogens is 1. The molecule has 0 aliphatic carbocycles. The number of pyridine rings is 1. The van der Waals surface area contributed by atoms with E-state index in [2.05, 4.69) is 4.98 Å². The molecular weight excluding hydrogens is 230 g/mol. The molecule has 0 radical (unpaired) electrons. The zero-order valence-electron chi connectivity index (χ0n) is 9.82. The van der Waals surface area contributed by atoms with Crippen molar-refractivity contribution in [3.05, 3.63) is 30.5 Å². The Hall–Kier alpha value is -1.85. The maximum atomic E-state index is 9.62. The summed E-state index contributed by atoms with van der Waals surface area (Å²) in [6, 6.07) is 7.46. The number of anilines is 2. The molecule has 1 aliphatic heterocycles. The highest BCUT2D eigenvalue weighted by Crippen LogP contribution is 2.29. The van der Waals surface area contributed by atoms with Gasteiger partial charge in [0.05, 0.1) is 17.7 Å². The second kappa shape index (κ2) is 4.12. The molecule has 0 amide bonds. The van der Waals surface area contributed by atoms with Crippen molar-refractivity contribution in [3.8, 4) is 0 Å². The van der Waals surface area contributed by atoms with Crippen LogP contribution in [0.1, 0.15) is 0 Å². The summed E-state index contributed by atoms with van der Waals surface area (Å²) in [4.78, 5) is 6.25. The molecule has 1 aliphatic rings. The van der Waals surface area contributed by atoms with Gasteiger partial charge in [0, 0.05) is 36.0 Å². The Labute approximate surface area is 104 Å². The summed E-state index contributed by atoms with van der Waals surface area (Å²) in [7, 11) is 0. The Morgan fingerprint density at radius 2 is 1.89 bits per heavy atom. The smallest absolute Gasteiger partial charge is 0.0990 e. The van der Waals surface area contributed by atoms with Gasteiger partial charge in [0.1, 0.15) is 0 Å². The van der Waals surface area contributed by atoms with Gasteiger partial charge in [0.2, 0.25) is 0 Å². The standard InChI is InChI=1S/C13H15N3O2/c14-8-1-2-9-10(5-8)15-4-3-11(9)16-6-12(17)13(18)7-16/h1-5,12-13,17-18H,6-7,14H2. The Kier molecular flexibility index (Phi) is 2.57. The van der Waals surface area contributed by atoms with E-state index in [4.69, 9.17) is 5.73 Å². The summed E-state index contributed by atoms with van der Waals surface area (Å²) in [6.45, 7) is 0.870. The molecule has 2 unspecified atom stereocenters. The molecule has 0 saturated carbocycles. The summed E-state index contributed by atoms with van der Waals surface area (Å²) in [5, 5.41) is 20.2. The highest BCUT2D eigenvalue weighted by molar-refractivity contribution is 5.93. The number of rotatable bonds is 1. The number of hydrogen-bond donors (Lipinski definition) is 3. The normalized spacial score (nSPS) is 23.8. The molecule has 0 spiro atoms. The van der Waals surface area contributed by atoms with Crippen molar-refractivity contribution >= 4 is 22.3 Å². The van der Waals surface area contributed by atoms with Crippen LogP contribution in [0, 0.1) is 0 Å². The summed E-state index contributed by atoms with van der Waals surface area (Å²) in [5.74, 6) is 0. The van der Waals surface area contributed by atoms with Gasteiger partial charge in [0.25, 0.3) is 0 Å². The molecule has 3 rings (SSSR count). The van der Waals surface area contributed by atoms with Crippen LogP contribution in [0.15, 0.2) is 30.5 Å². The van der Waals surface area contributed by atoms with Crippen LogP contribution < -0.4 is 10.6 Å². The first-order chi connectivity index (χ1) is 8.65. The van der Waals surface area contributed by atoms with E-state index in [1.807, 2.05) is 29.2 Å². The van der Waals surface area contributed by atoms with Crippen molar-refractivity contribution in [1.82, 2.24) is 4.98 Å². The van der Waals surface area contributed by atoms with Crippen LogP contribution in [0.5, 0.6) is 0 Å². The third kappa shape index (κ3) is 1.77. The molecule has 2 atom stereocenters. The molecule has 0 bridgehead atoms. The first kappa shape index (κ1) is 11.3. The summed E-state index contributed by atoms with van der Waals surface area (Å²) in [5.41, 5.74) is 8.20. The number of β-amino-alcohol motifs (C(OH)–C–C–N with tert-alkyl or cyclic N) is 2. The van der Waals surface area contributed by atoms with Crippen molar-refractivity contribution in [2.24, 2.45) is 0 Å². The van der Waals surface area contributed by atoms with Crippen molar-refractivity contribution < 1.29 is 10.2 Å². The first-order valence-corrected chi connectivity index (χ1v) is 5.90. The number of nitrogens with two attached hydrogens (primary N) is 1. The predicted octanol–water partition coefficient (Wildman–Crippen LogP) is 0.359. The lowest BCUT2D eigenvalue weighted by molar-refractivity contribution is 0.0572. The van der Waals surface area contributed by atoms with Gasteiger partial charge in [-0.2, -0.15) is 0 Å². The minimum absolute atomic E-state index is 0.435. The maximum Gasteiger partial charge on any atom is 0.0990 e. The van der Waals surface area contributed by atoms with Crippen LogP contribution in [-0.4, -0.2) is 40.5 Å². The maximum absolute atomic E-state index is 9.62. The van der Waals surface area contributed by atoms with E-state index < -0.39 is 12.2 Å². The Balaban J connectivity index is 2.07. The van der Waals surface area contributed by atoms with Gasteiger partial charge in [-0.3, -0.25) is 4.98 Å². The number of aliphatic hydroxyl groups excluding tert-OH is 2. The third-order valence-corrected chi connectivity index (χ3v) is 3.34. The zero-order valence-corrected chi connectivity index (χ0v) is 9.82. The quantitative estimate of drug-likeness (QED) is 0.632. The number of nitrogens with zero attached hydrogens (tertiary/aromatic N) is 2. The lowest BCUT2D eigenvalue weighted by Crippen LogP contribution is -2.22. The highest BCUT2D eigenvalue weighted by Gasteiger charge is 2.30. The first-order valence-electron chi connectivity index (χ1n) is 5.90. The fourth-order valence-electron chi connectivity index (χ4n) is 2.39. The fourth-order valence-corrected chi connectivity index (χ4v) is 2.39. The van der Waals surface area contributed by atoms with E-state index in [0.29, 0.717) is 18.8 Å². The van der Waals surface area contributed by atoms with Gasteiger partial charge in [-0.05, 0) is 24.3 Å². The number of aliphatic hydroxyl groups is 2. The van der Waals surface area contributed by atoms with Gasteiger partial charge in [-0.15, -0.1) is 0 Å². The van der Waals surface area contributed by atoms with Crippen LogP contribution in [-0.2, 0) is 0 Å². The number of benzene rings is 1. The Bertz CT molecular complexity index is 577. The van der Waals surface area contributed by atoms with E-state index in [9.17, 15) is 10.2 Å². The molecule has 1 fully saturated rings. The molecule has 4 N–H and O–H groups in total. The van der Waals surface area contributed by atoms with Crippen molar-refractivity contribution in [1.29, 1.82) is 0 Å². The van der Waals surface area contributed by atoms with Crippen LogP contribution in [0.25, 0.3) is 10.9 Å². The van der Waals surface area contributed by atoms with E-state index in [1.54, 1.807) is 6.20 Å². The Morgan fingerprint density at radius 3 is 2.61 bits per heavy atom. The summed E-state index contributed by atoms with van der Waals surface area (Å²) < 4.78 is 0. The molecule has 1 aromatic heterocycles. The van der Waals surface area contributed by atoms with Gasteiger partial charge in [0.15, 0.2) is 0 Å². The Morgan fingerprint density at radius 1 is 1.17 bits per heavy atom. The topological polar surface area (TPSA) is 82.6 Å². The van der Waals surface area contributed by atoms with Gasteiger partial charge in [-0.25, -0.2) is 0 Å². The summed E-state index contributed by atoms with van der Waals surface area (Å²) >= 11 is 0. The lowest BCUT2D eigenvalue weighted by atomic mass is 10.1. The van der Waals surface area contributed by atoms with Gasteiger partial charge in [-0.1, -0.05) is 0 Å². The van der Waals surface area contributed by atoms with E-state index in [0.717, 1.165) is 16.6 Å². The average Bonchev–Trinajstić information content (AvgIpc) is 2.68. The fraction of sp³-hybridized carbons (Fsp3) is 0.308. The van der Waals surface area contributed by atoms with E-state index >= 15 is 0 Å². The van der Waals surface area contributed by atoms with Crippen LogP contribution >= 0.6 is 0 Å². The van der Waals surface area contributed by atoms with Gasteiger partial charge < -0.3 is 20.8 Å². The molecule has 94 valence electrons. The monoisotopic (exact) mass is 245 g/mol. The molecular formula is C13H15N3O2. The van der Waals surface area contributed by atoms with Gasteiger partial charge >= 0.3 is 0 Å². The zero-order chi connectivity index (χ0) is 12.7. The molecule has 5 nitrogen and oxygen atoms in total. The molecule has 1 aromatic carbocycles. The average molecular weight is 245 g/mol. The van der Waals surface area contributed by atoms with Crippen LogP contribution in [0.3, 0.4) is 0 Å². The van der Waals surface area contributed by atoms with E-state index in [1.165, 1.54) is 0 Å². The molecule has 5 heteroatoms. The second-order valence-corrected chi connectivity index (χ2v) is 4.65. The van der Waals surface area contributed by atoms with Crippen LogP contribution in [0.4, 0.5) is 11.4 Å². The van der Waals surface area contributed by atoms with Crippen molar-refractivity contribution in [3.63, 3.8) is 0 Å². The minimum Gasteiger partial charge on any atom is -0.399 e. The second-order valence-electron chi connectivity index (χ2n) is 4.65. The number of hydrogen-bond acceptors (Lipinski definition) is 5. The largest absolute Gasteiger partial charge is 0.399 e. The highest BCUT2D eigenvalue weighted by atomic mass is 16.3. The molecule has 1 saturated heterocycles. The number of fused-ring (bicyclic) bond motifs is 1. The lowest BCUT2D eigenvalue weighted by Gasteiger charge is -2.19.